The minimum absolute atomic E-state index is 0.229. The smallest absolute Gasteiger partial charge is 0.276 e. The van der Waals surface area contributed by atoms with Crippen LogP contribution >= 0.6 is 11.6 Å². The highest BCUT2D eigenvalue weighted by Gasteiger charge is 2.13. The monoisotopic (exact) mass is 352 g/mol. The molecule has 1 aromatic heterocycles. The SMILES string of the molecule is CCN(c1ccccc1)c1ccc(C(=O)Nc2ccccc2Cl)nn1. The molecule has 0 aliphatic carbocycles. The summed E-state index contributed by atoms with van der Waals surface area (Å²) in [4.78, 5) is 14.3. The number of carbonyl (C=O) groups excluding carboxylic acids is 1. The molecule has 0 saturated carbocycles. The average Bonchev–Trinajstić information content (AvgIpc) is 2.66. The Bertz CT molecular complexity index is 853. The predicted octanol–water partition coefficient (Wildman–Crippen LogP) is 4.54. The van der Waals surface area contributed by atoms with Crippen molar-refractivity contribution in [3.63, 3.8) is 0 Å². The van der Waals surface area contributed by atoms with E-state index in [4.69, 9.17) is 11.6 Å². The summed E-state index contributed by atoms with van der Waals surface area (Å²) in [5.41, 5.74) is 1.79. The van der Waals surface area contributed by atoms with E-state index in [-0.39, 0.29) is 11.6 Å². The highest BCUT2D eigenvalue weighted by Crippen LogP contribution is 2.23. The minimum atomic E-state index is -0.352. The Kier molecular flexibility index (Phi) is 5.26. The molecule has 3 rings (SSSR count). The van der Waals surface area contributed by atoms with Crippen LogP contribution in [0.2, 0.25) is 5.02 Å². The number of rotatable bonds is 5. The van der Waals surface area contributed by atoms with Gasteiger partial charge in [0.15, 0.2) is 11.5 Å². The highest BCUT2D eigenvalue weighted by atomic mass is 35.5. The summed E-state index contributed by atoms with van der Waals surface area (Å²) < 4.78 is 0. The zero-order valence-corrected chi connectivity index (χ0v) is 14.4. The zero-order valence-electron chi connectivity index (χ0n) is 13.7. The molecular formula is C19H17ClN4O. The van der Waals surface area contributed by atoms with Crippen molar-refractivity contribution in [2.75, 3.05) is 16.8 Å². The average molecular weight is 353 g/mol. The van der Waals surface area contributed by atoms with E-state index in [1.165, 1.54) is 0 Å². The second-order valence-corrected chi connectivity index (χ2v) is 5.70. The fourth-order valence-corrected chi connectivity index (χ4v) is 2.61. The summed E-state index contributed by atoms with van der Waals surface area (Å²) in [6.45, 7) is 2.77. The van der Waals surface area contributed by atoms with Crippen LogP contribution in [-0.2, 0) is 0 Å². The molecule has 5 nitrogen and oxygen atoms in total. The van der Waals surface area contributed by atoms with E-state index in [9.17, 15) is 4.79 Å². The molecule has 1 heterocycles. The van der Waals surface area contributed by atoms with Crippen LogP contribution in [0, 0.1) is 0 Å². The number of nitrogens with one attached hydrogen (secondary N) is 1. The van der Waals surface area contributed by atoms with Gasteiger partial charge in [-0.2, -0.15) is 0 Å². The summed E-state index contributed by atoms with van der Waals surface area (Å²) in [6.07, 6.45) is 0. The van der Waals surface area contributed by atoms with Crippen molar-refractivity contribution in [3.8, 4) is 0 Å². The second kappa shape index (κ2) is 7.77. The molecule has 0 spiro atoms. The molecule has 0 unspecified atom stereocenters. The fourth-order valence-electron chi connectivity index (χ4n) is 2.42. The van der Waals surface area contributed by atoms with Gasteiger partial charge in [-0.15, -0.1) is 10.2 Å². The highest BCUT2D eigenvalue weighted by molar-refractivity contribution is 6.33. The third kappa shape index (κ3) is 3.95. The van der Waals surface area contributed by atoms with Gasteiger partial charge in [0.05, 0.1) is 10.7 Å². The molecule has 0 bridgehead atoms. The van der Waals surface area contributed by atoms with Crippen LogP contribution in [0.3, 0.4) is 0 Å². The van der Waals surface area contributed by atoms with E-state index < -0.39 is 0 Å². The number of amides is 1. The number of benzene rings is 2. The van der Waals surface area contributed by atoms with Gasteiger partial charge in [-0.1, -0.05) is 41.9 Å². The number of para-hydroxylation sites is 2. The lowest BCUT2D eigenvalue weighted by Crippen LogP contribution is -2.19. The Morgan fingerprint density at radius 1 is 1.00 bits per heavy atom. The standard InChI is InChI=1S/C19H17ClN4O/c1-2-24(14-8-4-3-5-9-14)18-13-12-17(22-23-18)19(25)21-16-11-7-6-10-15(16)20/h3-13H,2H2,1H3,(H,21,25). The van der Waals surface area contributed by atoms with Gasteiger partial charge < -0.3 is 10.2 Å². The largest absolute Gasteiger partial charge is 0.325 e. The summed E-state index contributed by atoms with van der Waals surface area (Å²) in [6, 6.07) is 20.4. The lowest BCUT2D eigenvalue weighted by molar-refractivity contribution is 0.102. The first kappa shape index (κ1) is 16.9. The van der Waals surface area contributed by atoms with E-state index in [0.29, 0.717) is 16.5 Å². The third-order valence-electron chi connectivity index (χ3n) is 3.67. The first-order valence-corrected chi connectivity index (χ1v) is 8.29. The summed E-state index contributed by atoms with van der Waals surface area (Å²) >= 11 is 6.05. The molecule has 2 aromatic carbocycles. The van der Waals surface area contributed by atoms with Gasteiger partial charge in [0.1, 0.15) is 0 Å². The maximum Gasteiger partial charge on any atom is 0.276 e. The minimum Gasteiger partial charge on any atom is -0.325 e. The molecule has 25 heavy (non-hydrogen) atoms. The molecule has 0 atom stereocenters. The van der Waals surface area contributed by atoms with Crippen LogP contribution < -0.4 is 10.2 Å². The summed E-state index contributed by atoms with van der Waals surface area (Å²) in [7, 11) is 0. The van der Waals surface area contributed by atoms with Gasteiger partial charge in [0.25, 0.3) is 5.91 Å². The van der Waals surface area contributed by atoms with Crippen LogP contribution in [0.1, 0.15) is 17.4 Å². The van der Waals surface area contributed by atoms with Crippen molar-refractivity contribution in [3.05, 3.63) is 77.4 Å². The van der Waals surface area contributed by atoms with E-state index in [2.05, 4.69) is 15.5 Å². The molecule has 0 aliphatic rings. The number of hydrogen-bond donors (Lipinski definition) is 1. The quantitative estimate of drug-likeness (QED) is 0.732. The van der Waals surface area contributed by atoms with E-state index >= 15 is 0 Å². The van der Waals surface area contributed by atoms with Crippen molar-refractivity contribution in [2.45, 2.75) is 6.92 Å². The molecule has 6 heteroatoms. The first-order valence-electron chi connectivity index (χ1n) is 7.91. The lowest BCUT2D eigenvalue weighted by Gasteiger charge is -2.21. The van der Waals surface area contributed by atoms with Gasteiger partial charge in [0, 0.05) is 12.2 Å². The normalized spacial score (nSPS) is 10.3. The summed E-state index contributed by atoms with van der Waals surface area (Å²) in [5.74, 6) is 0.331. The van der Waals surface area contributed by atoms with Crippen molar-refractivity contribution >= 4 is 34.7 Å². The van der Waals surface area contributed by atoms with Crippen molar-refractivity contribution < 1.29 is 4.79 Å². The topological polar surface area (TPSA) is 58.1 Å². The van der Waals surface area contributed by atoms with Gasteiger partial charge >= 0.3 is 0 Å². The van der Waals surface area contributed by atoms with Crippen molar-refractivity contribution in [2.24, 2.45) is 0 Å². The van der Waals surface area contributed by atoms with Gasteiger partial charge in [-0.3, -0.25) is 4.79 Å². The van der Waals surface area contributed by atoms with E-state index in [0.717, 1.165) is 12.2 Å². The van der Waals surface area contributed by atoms with Crippen LogP contribution in [0.4, 0.5) is 17.2 Å². The number of anilines is 3. The van der Waals surface area contributed by atoms with Gasteiger partial charge in [-0.25, -0.2) is 0 Å². The van der Waals surface area contributed by atoms with Crippen molar-refractivity contribution in [1.29, 1.82) is 0 Å². The zero-order chi connectivity index (χ0) is 17.6. The number of aromatic nitrogens is 2. The molecule has 0 saturated heterocycles. The molecule has 0 aliphatic heterocycles. The Labute approximate surface area is 151 Å². The van der Waals surface area contributed by atoms with E-state index in [1.54, 1.807) is 36.4 Å². The van der Waals surface area contributed by atoms with Crippen LogP contribution in [0.25, 0.3) is 0 Å². The van der Waals surface area contributed by atoms with Crippen LogP contribution in [-0.4, -0.2) is 22.6 Å². The molecule has 1 amide bonds. The van der Waals surface area contributed by atoms with Crippen molar-refractivity contribution in [1.82, 2.24) is 10.2 Å². The van der Waals surface area contributed by atoms with Crippen LogP contribution in [0.15, 0.2) is 66.7 Å². The second-order valence-electron chi connectivity index (χ2n) is 5.29. The molecule has 126 valence electrons. The maximum absolute atomic E-state index is 12.3. The number of halogens is 1. The number of nitrogens with zero attached hydrogens (tertiary/aromatic N) is 3. The lowest BCUT2D eigenvalue weighted by atomic mass is 10.2. The molecule has 3 aromatic rings. The molecule has 0 fully saturated rings. The Morgan fingerprint density at radius 3 is 2.36 bits per heavy atom. The predicted molar refractivity (Wildman–Crippen MR) is 101 cm³/mol. The Balaban J connectivity index is 1.77. The fraction of sp³-hybridized carbons (Fsp3) is 0.105. The molecular weight excluding hydrogens is 336 g/mol. The number of hydrogen-bond acceptors (Lipinski definition) is 4. The maximum atomic E-state index is 12.3. The van der Waals surface area contributed by atoms with Crippen LogP contribution in [0.5, 0.6) is 0 Å². The molecule has 1 N–H and O–H groups in total. The first-order chi connectivity index (χ1) is 12.2. The number of carbonyl (C=O) groups is 1. The Morgan fingerprint density at radius 2 is 1.72 bits per heavy atom. The van der Waals surface area contributed by atoms with Gasteiger partial charge in [0.2, 0.25) is 0 Å². The van der Waals surface area contributed by atoms with Gasteiger partial charge in [-0.05, 0) is 43.3 Å². The summed E-state index contributed by atoms with van der Waals surface area (Å²) in [5, 5.41) is 11.5. The van der Waals surface area contributed by atoms with E-state index in [1.807, 2.05) is 42.2 Å². The third-order valence-corrected chi connectivity index (χ3v) is 4.00. The Hall–Kier alpha value is -2.92. The molecule has 0 radical (unpaired) electrons.